The molecule has 0 heterocycles. The number of nitrogens with one attached hydrogen (secondary N) is 1. The van der Waals surface area contributed by atoms with Crippen LogP contribution in [0.1, 0.15) is 12.8 Å². The van der Waals surface area contributed by atoms with Gasteiger partial charge in [0.2, 0.25) is 0 Å². The highest BCUT2D eigenvalue weighted by atomic mass is 35.5. The molecule has 1 fully saturated rings. The summed E-state index contributed by atoms with van der Waals surface area (Å²) in [6, 6.07) is 7.28. The van der Waals surface area contributed by atoms with E-state index in [0.29, 0.717) is 5.02 Å². The summed E-state index contributed by atoms with van der Waals surface area (Å²) in [5.41, 5.74) is 0.394. The standard InChI is InChI=1S/C11H12ClNO2/c1-15-10(14)11(6-7-11)13-9-4-2-8(12)3-5-9/h2-5,13H,6-7H2,1H3. The summed E-state index contributed by atoms with van der Waals surface area (Å²) in [5, 5.41) is 3.86. The summed E-state index contributed by atoms with van der Waals surface area (Å²) in [4.78, 5) is 11.5. The van der Waals surface area contributed by atoms with Gasteiger partial charge >= 0.3 is 5.97 Å². The molecule has 0 aliphatic heterocycles. The molecule has 1 saturated carbocycles. The first kappa shape index (κ1) is 10.3. The predicted octanol–water partition coefficient (Wildman–Crippen LogP) is 2.46. The second kappa shape index (κ2) is 3.74. The van der Waals surface area contributed by atoms with Crippen molar-refractivity contribution in [2.45, 2.75) is 18.4 Å². The highest BCUT2D eigenvalue weighted by molar-refractivity contribution is 6.30. The number of carbonyl (C=O) groups excluding carboxylic acids is 1. The average molecular weight is 226 g/mol. The first-order valence-corrected chi connectivity index (χ1v) is 5.16. The van der Waals surface area contributed by atoms with E-state index in [9.17, 15) is 4.79 Å². The number of hydrogen-bond donors (Lipinski definition) is 1. The molecule has 3 nitrogen and oxygen atoms in total. The topological polar surface area (TPSA) is 38.3 Å². The van der Waals surface area contributed by atoms with E-state index in [2.05, 4.69) is 5.32 Å². The Morgan fingerprint density at radius 2 is 2.00 bits per heavy atom. The summed E-state index contributed by atoms with van der Waals surface area (Å²) in [6.07, 6.45) is 1.64. The smallest absolute Gasteiger partial charge is 0.331 e. The summed E-state index contributed by atoms with van der Waals surface area (Å²) < 4.78 is 4.75. The zero-order chi connectivity index (χ0) is 10.9. The molecule has 1 aromatic rings. The lowest BCUT2D eigenvalue weighted by Crippen LogP contribution is -2.32. The fourth-order valence-corrected chi connectivity index (χ4v) is 1.64. The van der Waals surface area contributed by atoms with Crippen molar-refractivity contribution < 1.29 is 9.53 Å². The van der Waals surface area contributed by atoms with Crippen molar-refractivity contribution in [1.82, 2.24) is 0 Å². The summed E-state index contributed by atoms with van der Waals surface area (Å²) in [6.45, 7) is 0. The van der Waals surface area contributed by atoms with Crippen molar-refractivity contribution in [1.29, 1.82) is 0 Å². The Morgan fingerprint density at radius 3 is 2.47 bits per heavy atom. The maximum atomic E-state index is 11.5. The number of rotatable bonds is 3. The minimum atomic E-state index is -0.497. The number of esters is 1. The number of benzene rings is 1. The normalized spacial score (nSPS) is 16.9. The van der Waals surface area contributed by atoms with E-state index in [1.807, 2.05) is 12.1 Å². The van der Waals surface area contributed by atoms with Crippen molar-refractivity contribution in [3.05, 3.63) is 29.3 Å². The Bertz CT molecular complexity index is 371. The fourth-order valence-electron chi connectivity index (χ4n) is 1.51. The van der Waals surface area contributed by atoms with E-state index >= 15 is 0 Å². The monoisotopic (exact) mass is 225 g/mol. The van der Waals surface area contributed by atoms with Gasteiger partial charge in [0.05, 0.1) is 7.11 Å². The van der Waals surface area contributed by atoms with Gasteiger partial charge in [0.15, 0.2) is 0 Å². The lowest BCUT2D eigenvalue weighted by Gasteiger charge is -2.15. The zero-order valence-electron chi connectivity index (χ0n) is 8.42. The van der Waals surface area contributed by atoms with Gasteiger partial charge in [-0.3, -0.25) is 0 Å². The molecule has 1 aliphatic rings. The van der Waals surface area contributed by atoms with Gasteiger partial charge in [0, 0.05) is 10.7 Å². The van der Waals surface area contributed by atoms with E-state index < -0.39 is 5.54 Å². The highest BCUT2D eigenvalue weighted by Crippen LogP contribution is 2.40. The molecule has 4 heteroatoms. The highest BCUT2D eigenvalue weighted by Gasteiger charge is 2.51. The van der Waals surface area contributed by atoms with Gasteiger partial charge in [-0.15, -0.1) is 0 Å². The molecule has 0 bridgehead atoms. The number of methoxy groups -OCH3 is 1. The molecule has 1 aliphatic carbocycles. The largest absolute Gasteiger partial charge is 0.467 e. The van der Waals surface area contributed by atoms with Gasteiger partial charge < -0.3 is 10.1 Å². The quantitative estimate of drug-likeness (QED) is 0.804. The molecule has 15 heavy (non-hydrogen) atoms. The van der Waals surface area contributed by atoms with Crippen LogP contribution < -0.4 is 5.32 Å². The van der Waals surface area contributed by atoms with Crippen molar-refractivity contribution in [2.24, 2.45) is 0 Å². The van der Waals surface area contributed by atoms with Crippen LogP contribution in [0.4, 0.5) is 5.69 Å². The number of ether oxygens (including phenoxy) is 1. The third kappa shape index (κ3) is 2.07. The molecule has 0 saturated heterocycles. The average Bonchev–Trinajstić information content (AvgIpc) is 3.01. The maximum absolute atomic E-state index is 11.5. The number of halogens is 1. The Morgan fingerprint density at radius 1 is 1.40 bits per heavy atom. The van der Waals surface area contributed by atoms with Crippen LogP contribution in [0.5, 0.6) is 0 Å². The van der Waals surface area contributed by atoms with Crippen LogP contribution in [-0.4, -0.2) is 18.6 Å². The molecular weight excluding hydrogens is 214 g/mol. The minimum Gasteiger partial charge on any atom is -0.467 e. The van der Waals surface area contributed by atoms with Crippen molar-refractivity contribution in [2.75, 3.05) is 12.4 Å². The molecule has 0 spiro atoms. The van der Waals surface area contributed by atoms with Gasteiger partial charge in [0.1, 0.15) is 5.54 Å². The number of carbonyl (C=O) groups is 1. The second-order valence-corrected chi connectivity index (χ2v) is 4.14. The molecule has 0 amide bonds. The van der Waals surface area contributed by atoms with Gasteiger partial charge in [0.25, 0.3) is 0 Å². The Balaban J connectivity index is 2.09. The molecule has 0 atom stereocenters. The van der Waals surface area contributed by atoms with Gasteiger partial charge in [-0.25, -0.2) is 4.79 Å². The molecule has 1 N–H and O–H groups in total. The van der Waals surface area contributed by atoms with Crippen molar-refractivity contribution >= 4 is 23.3 Å². The van der Waals surface area contributed by atoms with E-state index in [1.165, 1.54) is 7.11 Å². The minimum absolute atomic E-state index is 0.197. The molecule has 80 valence electrons. The van der Waals surface area contributed by atoms with Crippen molar-refractivity contribution in [3.63, 3.8) is 0 Å². The second-order valence-electron chi connectivity index (χ2n) is 3.71. The van der Waals surface area contributed by atoms with Crippen LogP contribution in [0.25, 0.3) is 0 Å². The molecule has 0 radical (unpaired) electrons. The molecule has 0 unspecified atom stereocenters. The molecule has 2 rings (SSSR count). The third-order valence-electron chi connectivity index (χ3n) is 2.55. The zero-order valence-corrected chi connectivity index (χ0v) is 9.17. The summed E-state index contributed by atoms with van der Waals surface area (Å²) in [5.74, 6) is -0.197. The SMILES string of the molecule is COC(=O)C1(Nc2ccc(Cl)cc2)CC1. The van der Waals surface area contributed by atoms with Gasteiger partial charge in [-0.2, -0.15) is 0 Å². The predicted molar refractivity (Wildman–Crippen MR) is 59.1 cm³/mol. The molecular formula is C11H12ClNO2. The number of anilines is 1. The van der Waals surface area contributed by atoms with E-state index in [1.54, 1.807) is 12.1 Å². The van der Waals surface area contributed by atoms with E-state index in [0.717, 1.165) is 18.5 Å². The Kier molecular flexibility index (Phi) is 2.57. The van der Waals surface area contributed by atoms with Gasteiger partial charge in [-0.05, 0) is 37.1 Å². The Labute approximate surface area is 93.4 Å². The summed E-state index contributed by atoms with van der Waals surface area (Å²) in [7, 11) is 1.41. The van der Waals surface area contributed by atoms with Crippen LogP contribution in [0, 0.1) is 0 Å². The van der Waals surface area contributed by atoms with Crippen LogP contribution >= 0.6 is 11.6 Å². The van der Waals surface area contributed by atoms with Crippen LogP contribution in [-0.2, 0) is 9.53 Å². The lowest BCUT2D eigenvalue weighted by atomic mass is 10.2. The lowest BCUT2D eigenvalue weighted by molar-refractivity contribution is -0.142. The van der Waals surface area contributed by atoms with Crippen molar-refractivity contribution in [3.8, 4) is 0 Å². The third-order valence-corrected chi connectivity index (χ3v) is 2.81. The fraction of sp³-hybridized carbons (Fsp3) is 0.364. The van der Waals surface area contributed by atoms with Gasteiger partial charge in [-0.1, -0.05) is 11.6 Å². The Hall–Kier alpha value is -1.22. The first-order valence-electron chi connectivity index (χ1n) is 4.78. The first-order chi connectivity index (χ1) is 7.16. The molecule has 0 aromatic heterocycles. The summed E-state index contributed by atoms with van der Waals surface area (Å²) >= 11 is 5.77. The van der Waals surface area contributed by atoms with E-state index in [-0.39, 0.29) is 5.97 Å². The number of hydrogen-bond acceptors (Lipinski definition) is 3. The molecule has 1 aromatic carbocycles. The van der Waals surface area contributed by atoms with Crippen LogP contribution in [0.3, 0.4) is 0 Å². The van der Waals surface area contributed by atoms with Crippen LogP contribution in [0.15, 0.2) is 24.3 Å². The van der Waals surface area contributed by atoms with Crippen LogP contribution in [0.2, 0.25) is 5.02 Å². The maximum Gasteiger partial charge on any atom is 0.331 e. The van der Waals surface area contributed by atoms with E-state index in [4.69, 9.17) is 16.3 Å².